The Labute approximate surface area is 103 Å². The van der Waals surface area contributed by atoms with E-state index >= 15 is 0 Å². The van der Waals surface area contributed by atoms with Crippen LogP contribution >= 0.6 is 0 Å². The van der Waals surface area contributed by atoms with Gasteiger partial charge in [0.05, 0.1) is 0 Å². The molecule has 2 N–H and O–H groups in total. The van der Waals surface area contributed by atoms with Crippen molar-refractivity contribution in [2.45, 2.75) is 38.0 Å². The molecule has 1 fully saturated rings. The quantitative estimate of drug-likeness (QED) is 0.776. The number of likely N-dealkylation sites (tertiary alicyclic amines) is 1. The molecule has 1 heterocycles. The maximum Gasteiger partial charge on any atom is 0.243 e. The van der Waals surface area contributed by atoms with Crippen molar-refractivity contribution < 1.29 is 13.2 Å². The topological polar surface area (TPSA) is 80.5 Å². The summed E-state index contributed by atoms with van der Waals surface area (Å²) in [4.78, 5) is 14.0. The summed E-state index contributed by atoms with van der Waals surface area (Å²) in [5, 5.41) is 0. The number of hydrogen-bond acceptors (Lipinski definition) is 4. The van der Waals surface area contributed by atoms with E-state index in [0.29, 0.717) is 19.0 Å². The Balaban J connectivity index is 2.99. The SMILES string of the molecule is CC1CCN(C(=O)C(C)(C)S(C)(=O)=O)C1CN. The fourth-order valence-electron chi connectivity index (χ4n) is 2.12. The summed E-state index contributed by atoms with van der Waals surface area (Å²) in [7, 11) is -3.42. The highest BCUT2D eigenvalue weighted by Crippen LogP contribution is 2.28. The second kappa shape index (κ2) is 4.57. The number of amides is 1. The minimum Gasteiger partial charge on any atom is -0.337 e. The molecule has 0 aliphatic carbocycles. The lowest BCUT2D eigenvalue weighted by atomic mass is 10.0. The normalized spacial score (nSPS) is 26.3. The van der Waals surface area contributed by atoms with Crippen LogP contribution in [-0.2, 0) is 14.6 Å². The van der Waals surface area contributed by atoms with Gasteiger partial charge in [-0.05, 0) is 26.2 Å². The van der Waals surface area contributed by atoms with E-state index < -0.39 is 14.6 Å². The monoisotopic (exact) mass is 262 g/mol. The van der Waals surface area contributed by atoms with E-state index in [2.05, 4.69) is 0 Å². The van der Waals surface area contributed by atoms with E-state index in [1.54, 1.807) is 4.90 Å². The Kier molecular flexibility index (Phi) is 3.88. The highest BCUT2D eigenvalue weighted by molar-refractivity contribution is 7.92. The predicted molar refractivity (Wildman–Crippen MR) is 67.3 cm³/mol. The number of sulfone groups is 1. The third-order valence-corrected chi connectivity index (χ3v) is 5.86. The van der Waals surface area contributed by atoms with Gasteiger partial charge in [-0.2, -0.15) is 0 Å². The van der Waals surface area contributed by atoms with Gasteiger partial charge in [0, 0.05) is 25.4 Å². The lowest BCUT2D eigenvalue weighted by molar-refractivity contribution is -0.134. The summed E-state index contributed by atoms with van der Waals surface area (Å²) in [6.45, 7) is 5.94. The molecule has 5 nitrogen and oxygen atoms in total. The van der Waals surface area contributed by atoms with Crippen molar-refractivity contribution in [1.29, 1.82) is 0 Å². The molecule has 17 heavy (non-hydrogen) atoms. The minimum absolute atomic E-state index is 0.0384. The average Bonchev–Trinajstić information content (AvgIpc) is 2.56. The molecule has 0 aromatic heterocycles. The summed E-state index contributed by atoms with van der Waals surface area (Å²) in [6, 6.07) is -0.0384. The van der Waals surface area contributed by atoms with Gasteiger partial charge in [0.2, 0.25) is 5.91 Å². The molecule has 1 amide bonds. The van der Waals surface area contributed by atoms with Crippen LogP contribution in [0.1, 0.15) is 27.2 Å². The molecule has 0 aromatic rings. The number of nitrogens with zero attached hydrogens (tertiary/aromatic N) is 1. The van der Waals surface area contributed by atoms with Gasteiger partial charge in [-0.15, -0.1) is 0 Å². The van der Waals surface area contributed by atoms with Crippen molar-refractivity contribution in [2.24, 2.45) is 11.7 Å². The van der Waals surface area contributed by atoms with Crippen LogP contribution < -0.4 is 5.73 Å². The zero-order valence-electron chi connectivity index (χ0n) is 10.9. The van der Waals surface area contributed by atoms with Crippen molar-refractivity contribution in [3.63, 3.8) is 0 Å². The lowest BCUT2D eigenvalue weighted by Crippen LogP contribution is -2.53. The van der Waals surface area contributed by atoms with Crippen molar-refractivity contribution in [1.82, 2.24) is 4.90 Å². The molecule has 1 aliphatic heterocycles. The minimum atomic E-state index is -3.42. The Morgan fingerprint density at radius 2 is 2.00 bits per heavy atom. The van der Waals surface area contributed by atoms with Gasteiger partial charge in [0.25, 0.3) is 0 Å². The molecule has 1 rings (SSSR count). The zero-order valence-corrected chi connectivity index (χ0v) is 11.8. The molecule has 0 aromatic carbocycles. The fraction of sp³-hybridized carbons (Fsp3) is 0.909. The summed E-state index contributed by atoms with van der Waals surface area (Å²) in [6.07, 6.45) is 1.98. The van der Waals surface area contributed by atoms with E-state index in [-0.39, 0.29) is 11.9 Å². The summed E-state index contributed by atoms with van der Waals surface area (Å²) < 4.78 is 21.9. The standard InChI is InChI=1S/C11H22N2O3S/c1-8-5-6-13(9(8)7-12)10(14)11(2,3)17(4,15)16/h8-9H,5-7,12H2,1-4H3. The van der Waals surface area contributed by atoms with Gasteiger partial charge in [-0.3, -0.25) is 4.79 Å². The number of hydrogen-bond donors (Lipinski definition) is 1. The molecule has 2 unspecified atom stereocenters. The summed E-state index contributed by atoms with van der Waals surface area (Å²) >= 11 is 0. The Hall–Kier alpha value is -0.620. The number of carbonyl (C=O) groups is 1. The number of carbonyl (C=O) groups excluding carboxylic acids is 1. The van der Waals surface area contributed by atoms with Gasteiger partial charge in [0.15, 0.2) is 9.84 Å². The van der Waals surface area contributed by atoms with Crippen LogP contribution in [0.2, 0.25) is 0 Å². The van der Waals surface area contributed by atoms with Gasteiger partial charge < -0.3 is 10.6 Å². The highest BCUT2D eigenvalue weighted by Gasteiger charge is 2.45. The number of nitrogens with two attached hydrogens (primary N) is 1. The molecule has 0 saturated carbocycles. The molecule has 100 valence electrons. The van der Waals surface area contributed by atoms with E-state index in [0.717, 1.165) is 12.7 Å². The molecule has 1 saturated heterocycles. The van der Waals surface area contributed by atoms with Crippen LogP contribution in [-0.4, -0.2) is 49.4 Å². The Morgan fingerprint density at radius 3 is 2.41 bits per heavy atom. The molecular weight excluding hydrogens is 240 g/mol. The van der Waals surface area contributed by atoms with Crippen molar-refractivity contribution in [3.8, 4) is 0 Å². The van der Waals surface area contributed by atoms with Crippen LogP contribution in [0.25, 0.3) is 0 Å². The summed E-state index contributed by atoms with van der Waals surface area (Å²) in [5.74, 6) is -0.000824. The van der Waals surface area contributed by atoms with Crippen LogP contribution in [0.3, 0.4) is 0 Å². The molecule has 0 spiro atoms. The van der Waals surface area contributed by atoms with Gasteiger partial charge in [-0.25, -0.2) is 8.42 Å². The van der Waals surface area contributed by atoms with Gasteiger partial charge in [0.1, 0.15) is 4.75 Å². The molecule has 0 bridgehead atoms. The fourth-order valence-corrected chi connectivity index (χ4v) is 2.56. The van der Waals surface area contributed by atoms with Crippen molar-refractivity contribution in [3.05, 3.63) is 0 Å². The van der Waals surface area contributed by atoms with Crippen molar-refractivity contribution >= 4 is 15.7 Å². The molecule has 1 aliphatic rings. The maximum absolute atomic E-state index is 12.3. The van der Waals surface area contributed by atoms with E-state index in [1.165, 1.54) is 13.8 Å². The van der Waals surface area contributed by atoms with Gasteiger partial charge in [-0.1, -0.05) is 6.92 Å². The first kappa shape index (κ1) is 14.4. The van der Waals surface area contributed by atoms with Crippen LogP contribution in [0, 0.1) is 5.92 Å². The summed E-state index contributed by atoms with van der Waals surface area (Å²) in [5.41, 5.74) is 5.66. The zero-order chi connectivity index (χ0) is 13.4. The molecule has 6 heteroatoms. The van der Waals surface area contributed by atoms with E-state index in [4.69, 9.17) is 5.73 Å². The molecule has 2 atom stereocenters. The average molecular weight is 262 g/mol. The Morgan fingerprint density at radius 1 is 1.47 bits per heavy atom. The van der Waals surface area contributed by atoms with E-state index in [9.17, 15) is 13.2 Å². The smallest absolute Gasteiger partial charge is 0.243 e. The second-order valence-corrected chi connectivity index (χ2v) is 7.91. The van der Waals surface area contributed by atoms with Crippen LogP contribution in [0.5, 0.6) is 0 Å². The Bertz CT molecular complexity index is 403. The first-order valence-electron chi connectivity index (χ1n) is 5.83. The third kappa shape index (κ3) is 2.47. The van der Waals surface area contributed by atoms with Crippen LogP contribution in [0.15, 0.2) is 0 Å². The second-order valence-electron chi connectivity index (χ2n) is 5.35. The van der Waals surface area contributed by atoms with Gasteiger partial charge >= 0.3 is 0 Å². The van der Waals surface area contributed by atoms with E-state index in [1.807, 2.05) is 6.92 Å². The lowest BCUT2D eigenvalue weighted by Gasteiger charge is -2.32. The molecular formula is C11H22N2O3S. The first-order chi connectivity index (χ1) is 7.63. The number of rotatable bonds is 3. The van der Waals surface area contributed by atoms with Crippen LogP contribution in [0.4, 0.5) is 0 Å². The maximum atomic E-state index is 12.3. The first-order valence-corrected chi connectivity index (χ1v) is 7.72. The molecule has 0 radical (unpaired) electrons. The third-order valence-electron chi connectivity index (χ3n) is 3.83. The van der Waals surface area contributed by atoms with Crippen molar-refractivity contribution in [2.75, 3.05) is 19.3 Å². The predicted octanol–water partition coefficient (Wildman–Crippen LogP) is 0.00530. The largest absolute Gasteiger partial charge is 0.337 e. The highest BCUT2D eigenvalue weighted by atomic mass is 32.2.